The Morgan fingerprint density at radius 2 is 2.39 bits per heavy atom. The summed E-state index contributed by atoms with van der Waals surface area (Å²) in [6, 6.07) is 1.35. The Morgan fingerprint density at radius 1 is 1.61 bits per heavy atom. The molecule has 0 bridgehead atoms. The number of hydrogen-bond acceptors (Lipinski definition) is 4. The van der Waals surface area contributed by atoms with Crippen LogP contribution in [0.15, 0.2) is 11.4 Å². The van der Waals surface area contributed by atoms with Gasteiger partial charge in [-0.25, -0.2) is 0 Å². The van der Waals surface area contributed by atoms with Gasteiger partial charge in [0.2, 0.25) is 0 Å². The van der Waals surface area contributed by atoms with Crippen LogP contribution in [0.5, 0.6) is 5.75 Å². The number of halogens is 2. The molecule has 1 aliphatic heterocycles. The predicted molar refractivity (Wildman–Crippen MR) is 62.1 cm³/mol. The number of likely N-dealkylation sites (tertiary alicyclic amines) is 1. The van der Waals surface area contributed by atoms with Crippen LogP contribution in [0.4, 0.5) is 8.78 Å². The fraction of sp³-hybridized carbons (Fsp3) is 0.545. The molecule has 1 aliphatic rings. The lowest BCUT2D eigenvalue weighted by molar-refractivity contribution is -0.0500. The third-order valence-electron chi connectivity index (χ3n) is 2.72. The van der Waals surface area contributed by atoms with E-state index in [0.29, 0.717) is 19.4 Å². The van der Waals surface area contributed by atoms with Crippen molar-refractivity contribution >= 4 is 17.2 Å². The lowest BCUT2D eigenvalue weighted by Gasteiger charge is -2.29. The van der Waals surface area contributed by atoms with Crippen LogP contribution in [0.1, 0.15) is 22.5 Å². The highest BCUT2D eigenvalue weighted by Gasteiger charge is 2.26. The molecular formula is C11H13F2NO3S. The minimum absolute atomic E-state index is 0.0972. The molecule has 1 N–H and O–H groups in total. The Morgan fingerprint density at radius 3 is 3.06 bits per heavy atom. The van der Waals surface area contributed by atoms with E-state index in [0.717, 1.165) is 11.3 Å². The summed E-state index contributed by atoms with van der Waals surface area (Å²) in [7, 11) is 0. The van der Waals surface area contributed by atoms with Crippen LogP contribution in [0.2, 0.25) is 0 Å². The highest BCUT2D eigenvalue weighted by atomic mass is 32.1. The molecular weight excluding hydrogens is 264 g/mol. The van der Waals surface area contributed by atoms with E-state index < -0.39 is 12.7 Å². The number of amides is 1. The second-order valence-electron chi connectivity index (χ2n) is 4.04. The number of ether oxygens (including phenoxy) is 1. The molecule has 18 heavy (non-hydrogen) atoms. The first-order valence-electron chi connectivity index (χ1n) is 5.57. The van der Waals surface area contributed by atoms with Gasteiger partial charge in [0.25, 0.3) is 5.91 Å². The molecule has 100 valence electrons. The third-order valence-corrected chi connectivity index (χ3v) is 3.61. The summed E-state index contributed by atoms with van der Waals surface area (Å²) in [5.74, 6) is -0.459. The summed E-state index contributed by atoms with van der Waals surface area (Å²) >= 11 is 1.06. The molecule has 1 atom stereocenters. The maximum atomic E-state index is 12.2. The first-order valence-corrected chi connectivity index (χ1v) is 6.45. The zero-order valence-corrected chi connectivity index (χ0v) is 10.3. The molecule has 1 amide bonds. The van der Waals surface area contributed by atoms with Crippen molar-refractivity contribution in [1.82, 2.24) is 4.90 Å². The third kappa shape index (κ3) is 2.97. The van der Waals surface area contributed by atoms with Crippen LogP contribution in [0.3, 0.4) is 0 Å². The Kier molecular flexibility index (Phi) is 4.13. The molecule has 1 saturated heterocycles. The maximum absolute atomic E-state index is 12.2. The summed E-state index contributed by atoms with van der Waals surface area (Å²) in [5, 5.41) is 11.0. The number of thiophene rings is 1. The number of carbonyl (C=O) groups is 1. The minimum Gasteiger partial charge on any atom is -0.433 e. The van der Waals surface area contributed by atoms with Crippen LogP contribution in [-0.2, 0) is 0 Å². The van der Waals surface area contributed by atoms with Gasteiger partial charge in [0, 0.05) is 13.1 Å². The summed E-state index contributed by atoms with van der Waals surface area (Å²) in [5.41, 5.74) is 0. The van der Waals surface area contributed by atoms with Crippen molar-refractivity contribution in [3.63, 3.8) is 0 Å². The van der Waals surface area contributed by atoms with E-state index in [2.05, 4.69) is 4.74 Å². The predicted octanol–water partition coefficient (Wildman–Crippen LogP) is 1.95. The zero-order valence-electron chi connectivity index (χ0n) is 9.51. The van der Waals surface area contributed by atoms with Gasteiger partial charge in [-0.05, 0) is 24.3 Å². The monoisotopic (exact) mass is 277 g/mol. The van der Waals surface area contributed by atoms with Crippen molar-refractivity contribution in [3.8, 4) is 5.75 Å². The number of alkyl halides is 2. The van der Waals surface area contributed by atoms with Gasteiger partial charge in [-0.3, -0.25) is 4.79 Å². The zero-order chi connectivity index (χ0) is 13.1. The van der Waals surface area contributed by atoms with Gasteiger partial charge >= 0.3 is 6.61 Å². The molecule has 4 nitrogen and oxygen atoms in total. The molecule has 1 aromatic rings. The number of piperidine rings is 1. The topological polar surface area (TPSA) is 49.8 Å². The lowest BCUT2D eigenvalue weighted by Crippen LogP contribution is -2.42. The van der Waals surface area contributed by atoms with Gasteiger partial charge in [-0.15, -0.1) is 11.3 Å². The van der Waals surface area contributed by atoms with E-state index in [4.69, 9.17) is 0 Å². The van der Waals surface area contributed by atoms with Crippen molar-refractivity contribution in [2.45, 2.75) is 25.6 Å². The number of carbonyl (C=O) groups excluding carboxylic acids is 1. The van der Waals surface area contributed by atoms with E-state index in [1.54, 1.807) is 0 Å². The van der Waals surface area contributed by atoms with Gasteiger partial charge in [-0.1, -0.05) is 0 Å². The smallest absolute Gasteiger partial charge is 0.387 e. The summed E-state index contributed by atoms with van der Waals surface area (Å²) in [6.45, 7) is -2.18. The second-order valence-corrected chi connectivity index (χ2v) is 4.96. The molecule has 0 spiro atoms. The van der Waals surface area contributed by atoms with Crippen molar-refractivity contribution in [3.05, 3.63) is 16.3 Å². The molecule has 1 aromatic heterocycles. The molecule has 0 saturated carbocycles. The highest BCUT2D eigenvalue weighted by molar-refractivity contribution is 7.12. The first kappa shape index (κ1) is 13.2. The van der Waals surface area contributed by atoms with E-state index >= 15 is 0 Å². The van der Waals surface area contributed by atoms with E-state index in [1.807, 2.05) is 0 Å². The number of nitrogens with zero attached hydrogens (tertiary/aromatic N) is 1. The van der Waals surface area contributed by atoms with E-state index in [9.17, 15) is 18.7 Å². The van der Waals surface area contributed by atoms with Crippen LogP contribution < -0.4 is 4.74 Å². The SMILES string of the molecule is O=C(c1sccc1OC(F)F)N1CCCC(O)C1. The second kappa shape index (κ2) is 5.62. The Balaban J connectivity index is 2.10. The minimum atomic E-state index is -2.95. The van der Waals surface area contributed by atoms with Gasteiger partial charge in [0.1, 0.15) is 10.6 Å². The average molecular weight is 277 g/mol. The molecule has 0 aliphatic carbocycles. The quantitative estimate of drug-likeness (QED) is 0.918. The number of aliphatic hydroxyl groups is 1. The first-order chi connectivity index (χ1) is 8.58. The molecule has 7 heteroatoms. The molecule has 2 heterocycles. The molecule has 2 rings (SSSR count). The Labute approximate surface area is 107 Å². The van der Waals surface area contributed by atoms with E-state index in [1.165, 1.54) is 16.3 Å². The summed E-state index contributed by atoms with van der Waals surface area (Å²) < 4.78 is 28.6. The van der Waals surface area contributed by atoms with Crippen LogP contribution >= 0.6 is 11.3 Å². The number of β-amino-alcohol motifs (C(OH)–C–C–N with tert-alkyl or cyclic N) is 1. The molecule has 0 aromatic carbocycles. The van der Waals surface area contributed by atoms with Crippen molar-refractivity contribution in [2.24, 2.45) is 0 Å². The number of aliphatic hydroxyl groups excluding tert-OH is 1. The molecule has 1 unspecified atom stereocenters. The lowest BCUT2D eigenvalue weighted by atomic mass is 10.1. The van der Waals surface area contributed by atoms with Crippen molar-refractivity contribution in [2.75, 3.05) is 13.1 Å². The van der Waals surface area contributed by atoms with Gasteiger partial charge in [0.05, 0.1) is 6.10 Å². The summed E-state index contributed by atoms with van der Waals surface area (Å²) in [6.07, 6.45) is 0.833. The number of hydrogen-bond donors (Lipinski definition) is 1. The molecule has 0 radical (unpaired) electrons. The largest absolute Gasteiger partial charge is 0.433 e. The van der Waals surface area contributed by atoms with Gasteiger partial charge < -0.3 is 14.7 Å². The molecule has 1 fully saturated rings. The maximum Gasteiger partial charge on any atom is 0.387 e. The van der Waals surface area contributed by atoms with Crippen LogP contribution in [0, 0.1) is 0 Å². The summed E-state index contributed by atoms with van der Waals surface area (Å²) in [4.78, 5) is 13.7. The van der Waals surface area contributed by atoms with Crippen LogP contribution in [-0.4, -0.2) is 41.7 Å². The van der Waals surface area contributed by atoms with Gasteiger partial charge in [-0.2, -0.15) is 8.78 Å². The normalized spacial score (nSPS) is 20.2. The fourth-order valence-corrected chi connectivity index (χ4v) is 2.71. The average Bonchev–Trinajstić information content (AvgIpc) is 2.75. The van der Waals surface area contributed by atoms with Crippen molar-refractivity contribution in [1.29, 1.82) is 0 Å². The van der Waals surface area contributed by atoms with Gasteiger partial charge in [0.15, 0.2) is 0 Å². The number of rotatable bonds is 3. The van der Waals surface area contributed by atoms with E-state index in [-0.39, 0.29) is 23.1 Å². The van der Waals surface area contributed by atoms with Crippen molar-refractivity contribution < 1.29 is 23.4 Å². The Bertz CT molecular complexity index is 424. The fourth-order valence-electron chi connectivity index (χ4n) is 1.93. The Hall–Kier alpha value is -1.21. The standard InChI is InChI=1S/C11H13F2NO3S/c12-11(13)17-8-3-5-18-9(8)10(16)14-4-1-2-7(15)6-14/h3,5,7,11,15H,1-2,4,6H2. The highest BCUT2D eigenvalue weighted by Crippen LogP contribution is 2.28. The van der Waals surface area contributed by atoms with Crippen LogP contribution in [0.25, 0.3) is 0 Å².